The summed E-state index contributed by atoms with van der Waals surface area (Å²) in [5.74, 6) is 7.21. The molecule has 0 bridgehead atoms. The largest absolute Gasteiger partial charge is 0.378 e. The summed E-state index contributed by atoms with van der Waals surface area (Å²) in [6.07, 6.45) is 11.8. The highest BCUT2D eigenvalue weighted by Crippen LogP contribution is 2.20. The van der Waals surface area contributed by atoms with Crippen molar-refractivity contribution < 1.29 is 9.53 Å². The Labute approximate surface area is 220 Å². The number of hydrogen-bond acceptors (Lipinski definition) is 6. The number of carbonyl (C=O) groups excluding carboxylic acids is 1. The van der Waals surface area contributed by atoms with Crippen LogP contribution in [0.2, 0.25) is 0 Å². The molecule has 1 N–H and O–H groups in total. The summed E-state index contributed by atoms with van der Waals surface area (Å²) in [6.45, 7) is 2.41. The van der Waals surface area contributed by atoms with Gasteiger partial charge in [0, 0.05) is 41.7 Å². The molecule has 1 fully saturated rings. The third kappa shape index (κ3) is 5.19. The number of allylic oxidation sites excluding steroid dienone is 4. The predicted octanol–water partition coefficient (Wildman–Crippen LogP) is 4.31. The number of fused-ring (bicyclic) bond motifs is 1. The molecular weight excluding hydrogens is 476 g/mol. The van der Waals surface area contributed by atoms with Crippen LogP contribution >= 0.6 is 0 Å². The number of aromatic nitrogens is 4. The van der Waals surface area contributed by atoms with Gasteiger partial charge in [-0.3, -0.25) is 4.79 Å². The lowest BCUT2D eigenvalue weighted by molar-refractivity contribution is 0.0303. The van der Waals surface area contributed by atoms with Crippen LogP contribution in [0.1, 0.15) is 34.5 Å². The molecule has 8 nitrogen and oxygen atoms in total. The number of pyridine rings is 1. The molecule has 1 aliphatic heterocycles. The Balaban J connectivity index is 1.22. The van der Waals surface area contributed by atoms with E-state index in [0.29, 0.717) is 43.2 Å². The van der Waals surface area contributed by atoms with Crippen LogP contribution in [-0.4, -0.2) is 56.7 Å². The van der Waals surface area contributed by atoms with E-state index in [1.54, 1.807) is 16.9 Å². The minimum atomic E-state index is 0.0252. The first-order chi connectivity index (χ1) is 18.7. The lowest BCUT2D eigenvalue weighted by Gasteiger charge is -2.26. The summed E-state index contributed by atoms with van der Waals surface area (Å²) in [5, 5.41) is 8.15. The van der Waals surface area contributed by atoms with Gasteiger partial charge in [-0.05, 0) is 61.2 Å². The van der Waals surface area contributed by atoms with E-state index in [1.807, 2.05) is 53.4 Å². The molecule has 0 atom stereocenters. The van der Waals surface area contributed by atoms with Crippen LogP contribution in [-0.2, 0) is 4.74 Å². The lowest BCUT2D eigenvalue weighted by Crippen LogP contribution is -2.40. The molecule has 8 heteroatoms. The molecule has 1 saturated heterocycles. The second-order valence-electron chi connectivity index (χ2n) is 9.08. The normalized spacial score (nSPS) is 15.1. The molecular formula is C30H26N6O2. The third-order valence-electron chi connectivity index (χ3n) is 6.49. The van der Waals surface area contributed by atoms with Gasteiger partial charge in [-0.1, -0.05) is 30.2 Å². The highest BCUT2D eigenvalue weighted by Gasteiger charge is 2.18. The number of rotatable bonds is 4. The molecule has 0 unspecified atom stereocenters. The second kappa shape index (κ2) is 10.7. The number of anilines is 1. The SMILES string of the molecule is O=C(c1ccc(-c2ccc3ncc(C#Cc4ccnc(NC5=CC=CCC5)c4)n3n2)cc1)N1CCOCC1. The Bertz CT molecular complexity index is 1600. The maximum absolute atomic E-state index is 12.8. The van der Waals surface area contributed by atoms with Crippen LogP contribution in [0.5, 0.6) is 0 Å². The zero-order chi connectivity index (χ0) is 25.7. The van der Waals surface area contributed by atoms with Crippen LogP contribution in [0.25, 0.3) is 16.9 Å². The lowest BCUT2D eigenvalue weighted by atomic mass is 10.1. The molecule has 3 aromatic heterocycles. The molecule has 0 saturated carbocycles. The molecule has 38 heavy (non-hydrogen) atoms. The van der Waals surface area contributed by atoms with Crippen molar-refractivity contribution in [2.45, 2.75) is 12.8 Å². The Hall–Kier alpha value is -4.74. The van der Waals surface area contributed by atoms with Crippen molar-refractivity contribution in [2.75, 3.05) is 31.6 Å². The van der Waals surface area contributed by atoms with Crippen molar-refractivity contribution in [2.24, 2.45) is 0 Å². The Kier molecular flexibility index (Phi) is 6.66. The van der Waals surface area contributed by atoms with Crippen LogP contribution in [0.4, 0.5) is 5.82 Å². The number of imidazole rings is 1. The first-order valence-corrected chi connectivity index (χ1v) is 12.7. The van der Waals surface area contributed by atoms with E-state index in [4.69, 9.17) is 9.84 Å². The fraction of sp³-hybridized carbons (Fsp3) is 0.200. The van der Waals surface area contributed by atoms with Crippen LogP contribution in [0, 0.1) is 11.8 Å². The Morgan fingerprint density at radius 2 is 1.87 bits per heavy atom. The van der Waals surface area contributed by atoms with Gasteiger partial charge in [-0.25, -0.2) is 14.5 Å². The summed E-state index contributed by atoms with van der Waals surface area (Å²) in [5.41, 5.74) is 5.74. The third-order valence-corrected chi connectivity index (χ3v) is 6.49. The fourth-order valence-corrected chi connectivity index (χ4v) is 4.43. The molecule has 4 heterocycles. The second-order valence-corrected chi connectivity index (χ2v) is 9.08. The first kappa shape index (κ1) is 23.6. The average molecular weight is 503 g/mol. The van der Waals surface area contributed by atoms with Gasteiger partial charge in [0.1, 0.15) is 11.5 Å². The van der Waals surface area contributed by atoms with E-state index in [-0.39, 0.29) is 5.91 Å². The van der Waals surface area contributed by atoms with Gasteiger partial charge >= 0.3 is 0 Å². The minimum Gasteiger partial charge on any atom is -0.378 e. The number of morpholine rings is 1. The summed E-state index contributed by atoms with van der Waals surface area (Å²) in [6, 6.07) is 15.2. The molecule has 0 spiro atoms. The monoisotopic (exact) mass is 502 g/mol. The van der Waals surface area contributed by atoms with Crippen LogP contribution < -0.4 is 5.32 Å². The van der Waals surface area contributed by atoms with Gasteiger partial charge < -0.3 is 15.0 Å². The maximum atomic E-state index is 12.8. The number of nitrogens with zero attached hydrogens (tertiary/aromatic N) is 5. The first-order valence-electron chi connectivity index (χ1n) is 12.7. The van der Waals surface area contributed by atoms with E-state index in [2.05, 4.69) is 45.4 Å². The van der Waals surface area contributed by atoms with Crippen molar-refractivity contribution >= 4 is 17.4 Å². The predicted molar refractivity (Wildman–Crippen MR) is 145 cm³/mol. The zero-order valence-corrected chi connectivity index (χ0v) is 20.8. The minimum absolute atomic E-state index is 0.0252. The number of hydrogen-bond donors (Lipinski definition) is 1. The molecule has 1 aromatic carbocycles. The Morgan fingerprint density at radius 3 is 2.68 bits per heavy atom. The van der Waals surface area contributed by atoms with Crippen molar-refractivity contribution in [1.82, 2.24) is 24.5 Å². The number of amides is 1. The van der Waals surface area contributed by atoms with E-state index in [1.165, 1.54) is 0 Å². The zero-order valence-electron chi connectivity index (χ0n) is 20.8. The summed E-state index contributed by atoms with van der Waals surface area (Å²) < 4.78 is 7.09. The summed E-state index contributed by atoms with van der Waals surface area (Å²) in [4.78, 5) is 23.4. The van der Waals surface area contributed by atoms with Crippen molar-refractivity contribution in [3.8, 4) is 23.1 Å². The smallest absolute Gasteiger partial charge is 0.254 e. The van der Waals surface area contributed by atoms with Crippen molar-refractivity contribution in [1.29, 1.82) is 0 Å². The molecule has 1 aliphatic carbocycles. The summed E-state index contributed by atoms with van der Waals surface area (Å²) in [7, 11) is 0. The van der Waals surface area contributed by atoms with Crippen LogP contribution in [0.3, 0.4) is 0 Å². The molecule has 188 valence electrons. The van der Waals surface area contributed by atoms with Gasteiger partial charge in [0.25, 0.3) is 5.91 Å². The quantitative estimate of drug-likeness (QED) is 0.419. The maximum Gasteiger partial charge on any atom is 0.254 e. The number of benzene rings is 1. The van der Waals surface area contributed by atoms with Gasteiger partial charge in [-0.2, -0.15) is 5.10 Å². The van der Waals surface area contributed by atoms with Crippen molar-refractivity contribution in [3.63, 3.8) is 0 Å². The van der Waals surface area contributed by atoms with E-state index >= 15 is 0 Å². The standard InChI is InChI=1S/C30H26N6O2/c37-30(35-16-18-38-19-17-35)24-9-7-23(8-10-24)27-12-13-29-32-21-26(36(29)34-27)11-6-22-14-15-31-28(20-22)33-25-4-2-1-3-5-25/h1-2,4,7-10,12-15,20-21H,3,5,16-19H2,(H,31,33). The van der Waals surface area contributed by atoms with Crippen molar-refractivity contribution in [3.05, 3.63) is 102 Å². The summed E-state index contributed by atoms with van der Waals surface area (Å²) >= 11 is 0. The highest BCUT2D eigenvalue weighted by molar-refractivity contribution is 5.94. The topological polar surface area (TPSA) is 84.7 Å². The molecule has 6 rings (SSSR count). The van der Waals surface area contributed by atoms with Gasteiger partial charge in [0.05, 0.1) is 25.1 Å². The molecule has 1 amide bonds. The number of carbonyl (C=O) groups is 1. The number of nitrogens with one attached hydrogen (secondary N) is 1. The molecule has 0 radical (unpaired) electrons. The molecule has 2 aliphatic rings. The molecule has 4 aromatic rings. The van der Waals surface area contributed by atoms with E-state index in [9.17, 15) is 4.79 Å². The average Bonchev–Trinajstić information content (AvgIpc) is 3.39. The Morgan fingerprint density at radius 1 is 1.00 bits per heavy atom. The van der Waals surface area contributed by atoms with Gasteiger partial charge in [-0.15, -0.1) is 0 Å². The fourth-order valence-electron chi connectivity index (χ4n) is 4.43. The van der Waals surface area contributed by atoms with Crippen LogP contribution in [0.15, 0.2) is 84.8 Å². The highest BCUT2D eigenvalue weighted by atomic mass is 16.5. The van der Waals surface area contributed by atoms with Gasteiger partial charge in [0.2, 0.25) is 0 Å². The van der Waals surface area contributed by atoms with E-state index < -0.39 is 0 Å². The number of ether oxygens (including phenoxy) is 1. The van der Waals surface area contributed by atoms with Gasteiger partial charge in [0.15, 0.2) is 5.65 Å². The van der Waals surface area contributed by atoms with E-state index in [0.717, 1.165) is 41.2 Å².